The third-order valence-corrected chi connectivity index (χ3v) is 3.86. The quantitative estimate of drug-likeness (QED) is 0.477. The van der Waals surface area contributed by atoms with E-state index in [9.17, 15) is 0 Å². The molecule has 1 rings (SSSR count). The van der Waals surface area contributed by atoms with E-state index in [0.29, 0.717) is 5.41 Å². The van der Waals surface area contributed by atoms with E-state index in [1.807, 2.05) is 7.05 Å². The fourth-order valence-corrected chi connectivity index (χ4v) is 2.23. The number of hydrogen-bond acceptors (Lipinski definition) is 1. The van der Waals surface area contributed by atoms with Crippen LogP contribution in [-0.4, -0.2) is 13.3 Å². The molecule has 14 heavy (non-hydrogen) atoms. The first-order chi connectivity index (χ1) is 6.58. The van der Waals surface area contributed by atoms with Gasteiger partial charge >= 0.3 is 0 Å². The van der Waals surface area contributed by atoms with Gasteiger partial charge in [0, 0.05) is 7.05 Å². The lowest BCUT2D eigenvalue weighted by molar-refractivity contribution is 0.214. The lowest BCUT2D eigenvalue weighted by Crippen LogP contribution is -2.25. The van der Waals surface area contributed by atoms with Crippen LogP contribution < -0.4 is 0 Å². The van der Waals surface area contributed by atoms with Gasteiger partial charge in [0.25, 0.3) is 0 Å². The average molecular weight is 193 g/mol. The zero-order valence-electron chi connectivity index (χ0n) is 9.84. The highest BCUT2D eigenvalue weighted by Crippen LogP contribution is 2.43. The van der Waals surface area contributed by atoms with E-state index in [2.05, 4.69) is 31.6 Å². The van der Waals surface area contributed by atoms with Crippen molar-refractivity contribution in [3.8, 4) is 0 Å². The number of hydrogen-bond donors (Lipinski definition) is 0. The van der Waals surface area contributed by atoms with Gasteiger partial charge in [-0.1, -0.05) is 19.1 Å². The Bertz CT molecular complexity index is 219. The summed E-state index contributed by atoms with van der Waals surface area (Å²) >= 11 is 0. The van der Waals surface area contributed by atoms with Crippen LogP contribution in [0.4, 0.5) is 0 Å². The zero-order valence-corrected chi connectivity index (χ0v) is 9.84. The summed E-state index contributed by atoms with van der Waals surface area (Å²) in [5.74, 6) is 0.867. The Morgan fingerprint density at radius 1 is 1.50 bits per heavy atom. The molecule has 1 aliphatic carbocycles. The minimum Gasteiger partial charge on any atom is -0.301 e. The molecular weight excluding hydrogens is 170 g/mol. The third kappa shape index (κ3) is 2.70. The summed E-state index contributed by atoms with van der Waals surface area (Å²) in [6, 6.07) is 0. The molecule has 0 saturated heterocycles. The zero-order chi connectivity index (χ0) is 10.6. The van der Waals surface area contributed by atoms with Crippen molar-refractivity contribution in [3.05, 3.63) is 12.2 Å². The van der Waals surface area contributed by atoms with Gasteiger partial charge in [-0.25, -0.2) is 0 Å². The molecule has 1 saturated carbocycles. The second-order valence-electron chi connectivity index (χ2n) is 4.96. The standard InChI is InChI=1S/C13H23N/c1-11(2)13(3)8-5-12(6-9-13)7-10-14-4/h10,12H,1,5-9H2,2-4H3. The first kappa shape index (κ1) is 11.5. The molecule has 0 aliphatic heterocycles. The third-order valence-electron chi connectivity index (χ3n) is 3.86. The van der Waals surface area contributed by atoms with Gasteiger partial charge in [0.05, 0.1) is 0 Å². The Morgan fingerprint density at radius 3 is 2.50 bits per heavy atom. The molecule has 1 fully saturated rings. The maximum Gasteiger partial charge on any atom is 0.0273 e. The van der Waals surface area contributed by atoms with Crippen molar-refractivity contribution in [2.75, 3.05) is 7.05 Å². The number of nitrogens with zero attached hydrogens (tertiary/aromatic N) is 1. The van der Waals surface area contributed by atoms with Crippen LogP contribution in [0, 0.1) is 11.3 Å². The molecule has 1 heteroatoms. The normalized spacial score (nSPS) is 33.5. The summed E-state index contributed by atoms with van der Waals surface area (Å²) in [5.41, 5.74) is 1.78. The Morgan fingerprint density at radius 2 is 2.07 bits per heavy atom. The Balaban J connectivity index is 2.41. The van der Waals surface area contributed by atoms with Crippen molar-refractivity contribution in [1.29, 1.82) is 0 Å². The van der Waals surface area contributed by atoms with Gasteiger partial charge in [-0.05, 0) is 56.6 Å². The number of allylic oxidation sites excluding steroid dienone is 1. The molecule has 0 atom stereocenters. The average Bonchev–Trinajstić information content (AvgIpc) is 2.17. The van der Waals surface area contributed by atoms with Crippen LogP contribution in [0.1, 0.15) is 46.0 Å². The molecule has 0 amide bonds. The molecule has 1 nitrogen and oxygen atoms in total. The van der Waals surface area contributed by atoms with Crippen LogP contribution in [0.25, 0.3) is 0 Å². The molecule has 0 radical (unpaired) electrons. The van der Waals surface area contributed by atoms with Crippen molar-refractivity contribution < 1.29 is 0 Å². The molecule has 0 N–H and O–H groups in total. The van der Waals surface area contributed by atoms with Crippen LogP contribution in [-0.2, 0) is 0 Å². The fraction of sp³-hybridized carbons (Fsp3) is 0.769. The second kappa shape index (κ2) is 4.77. The smallest absolute Gasteiger partial charge is 0.0273 e. The number of rotatable bonds is 3. The minimum absolute atomic E-state index is 0.417. The predicted octanol–water partition coefficient (Wildman–Crippen LogP) is 3.85. The molecule has 0 bridgehead atoms. The topological polar surface area (TPSA) is 12.4 Å². The van der Waals surface area contributed by atoms with E-state index >= 15 is 0 Å². The van der Waals surface area contributed by atoms with Gasteiger partial charge in [-0.3, -0.25) is 0 Å². The summed E-state index contributed by atoms with van der Waals surface area (Å²) < 4.78 is 0. The van der Waals surface area contributed by atoms with Crippen molar-refractivity contribution in [3.63, 3.8) is 0 Å². The fourth-order valence-electron chi connectivity index (χ4n) is 2.23. The molecule has 0 aromatic heterocycles. The summed E-state index contributed by atoms with van der Waals surface area (Å²) in [6.45, 7) is 8.65. The van der Waals surface area contributed by atoms with Gasteiger partial charge in [0.15, 0.2) is 0 Å². The van der Waals surface area contributed by atoms with E-state index in [4.69, 9.17) is 0 Å². The maximum atomic E-state index is 4.11. The van der Waals surface area contributed by atoms with Gasteiger partial charge in [-0.2, -0.15) is 0 Å². The van der Waals surface area contributed by atoms with Crippen LogP contribution in [0.3, 0.4) is 0 Å². The van der Waals surface area contributed by atoms with E-state index in [1.165, 1.54) is 37.7 Å². The SMILES string of the molecule is C=C(C)C1(C)CCC(CC=NC)CC1. The largest absolute Gasteiger partial charge is 0.301 e. The predicted molar refractivity (Wildman–Crippen MR) is 63.9 cm³/mol. The Kier molecular flexibility index (Phi) is 3.91. The van der Waals surface area contributed by atoms with Gasteiger partial charge in [-0.15, -0.1) is 0 Å². The molecule has 0 aromatic rings. The van der Waals surface area contributed by atoms with Gasteiger partial charge in [0.2, 0.25) is 0 Å². The monoisotopic (exact) mass is 193 g/mol. The highest BCUT2D eigenvalue weighted by atomic mass is 14.6. The van der Waals surface area contributed by atoms with Crippen molar-refractivity contribution in [2.24, 2.45) is 16.3 Å². The van der Waals surface area contributed by atoms with Crippen molar-refractivity contribution >= 4 is 6.21 Å². The van der Waals surface area contributed by atoms with Crippen molar-refractivity contribution in [1.82, 2.24) is 0 Å². The van der Waals surface area contributed by atoms with E-state index < -0.39 is 0 Å². The Hall–Kier alpha value is -0.590. The van der Waals surface area contributed by atoms with E-state index in [1.54, 1.807) is 0 Å². The second-order valence-corrected chi connectivity index (χ2v) is 4.96. The minimum atomic E-state index is 0.417. The van der Waals surface area contributed by atoms with E-state index in [-0.39, 0.29) is 0 Å². The molecular formula is C13H23N. The van der Waals surface area contributed by atoms with Crippen LogP contribution in [0.5, 0.6) is 0 Å². The summed E-state index contributed by atoms with van der Waals surface area (Å²) in [5, 5.41) is 0. The molecule has 0 aromatic carbocycles. The van der Waals surface area contributed by atoms with Crippen molar-refractivity contribution in [2.45, 2.75) is 46.0 Å². The van der Waals surface area contributed by atoms with Gasteiger partial charge in [0.1, 0.15) is 0 Å². The molecule has 80 valence electrons. The molecule has 0 spiro atoms. The lowest BCUT2D eigenvalue weighted by Gasteiger charge is -2.37. The molecule has 1 aliphatic rings. The van der Waals surface area contributed by atoms with Crippen LogP contribution >= 0.6 is 0 Å². The first-order valence-corrected chi connectivity index (χ1v) is 5.65. The molecule has 0 unspecified atom stereocenters. The van der Waals surface area contributed by atoms with Crippen LogP contribution in [0.15, 0.2) is 17.1 Å². The lowest BCUT2D eigenvalue weighted by atomic mass is 9.68. The number of aliphatic imine (C=N–C) groups is 1. The summed E-state index contributed by atoms with van der Waals surface area (Å²) in [4.78, 5) is 4.06. The maximum absolute atomic E-state index is 4.11. The van der Waals surface area contributed by atoms with Gasteiger partial charge < -0.3 is 4.99 Å². The summed E-state index contributed by atoms with van der Waals surface area (Å²) in [7, 11) is 1.86. The molecule has 0 heterocycles. The highest BCUT2D eigenvalue weighted by Gasteiger charge is 2.30. The highest BCUT2D eigenvalue weighted by molar-refractivity contribution is 5.57. The summed E-state index contributed by atoms with van der Waals surface area (Å²) in [6.07, 6.45) is 8.54. The first-order valence-electron chi connectivity index (χ1n) is 5.65. The van der Waals surface area contributed by atoms with E-state index in [0.717, 1.165) is 5.92 Å². The van der Waals surface area contributed by atoms with Crippen LogP contribution in [0.2, 0.25) is 0 Å². The Labute approximate surface area is 88.3 Å².